The second kappa shape index (κ2) is 5.75. The monoisotopic (exact) mass is 273 g/mol. The lowest BCUT2D eigenvalue weighted by Gasteiger charge is -2.16. The van der Waals surface area contributed by atoms with Gasteiger partial charge in [0.1, 0.15) is 0 Å². The number of halogens is 2. The molecule has 0 bridgehead atoms. The van der Waals surface area contributed by atoms with Crippen LogP contribution >= 0.6 is 11.6 Å². The van der Waals surface area contributed by atoms with Crippen LogP contribution in [0.5, 0.6) is 0 Å². The molecule has 0 amide bonds. The van der Waals surface area contributed by atoms with Crippen molar-refractivity contribution in [3.63, 3.8) is 0 Å². The van der Waals surface area contributed by atoms with Crippen LogP contribution in [0.4, 0.5) is 15.9 Å². The standard InChI is InChI=1S/C16H13ClFN/c1-3-4-13-7-10-15(17)16(11-13)19(18)14-8-5-12(2)6-9-14/h4-11H,1H2,2H3. The fourth-order valence-electron chi connectivity index (χ4n) is 1.70. The normalized spacial score (nSPS) is 9.84. The average molecular weight is 274 g/mol. The van der Waals surface area contributed by atoms with Gasteiger partial charge in [0.2, 0.25) is 0 Å². The highest BCUT2D eigenvalue weighted by atomic mass is 35.5. The molecule has 0 aliphatic rings. The van der Waals surface area contributed by atoms with E-state index in [4.69, 9.17) is 11.6 Å². The van der Waals surface area contributed by atoms with E-state index in [0.717, 1.165) is 11.1 Å². The van der Waals surface area contributed by atoms with E-state index in [1.54, 1.807) is 36.4 Å². The second-order valence-corrected chi connectivity index (χ2v) is 4.58. The van der Waals surface area contributed by atoms with Gasteiger partial charge in [-0.3, -0.25) is 0 Å². The van der Waals surface area contributed by atoms with Gasteiger partial charge in [-0.2, -0.15) is 5.12 Å². The number of aryl methyl sites for hydroxylation is 1. The molecule has 2 aromatic rings. The quantitative estimate of drug-likeness (QED) is 0.529. The van der Waals surface area contributed by atoms with E-state index in [-0.39, 0.29) is 0 Å². The maximum absolute atomic E-state index is 14.4. The molecule has 0 N–H and O–H groups in total. The molecule has 0 spiro atoms. The Hall–Kier alpha value is -2.02. The maximum atomic E-state index is 14.4. The topological polar surface area (TPSA) is 3.24 Å². The van der Waals surface area contributed by atoms with Gasteiger partial charge in [-0.1, -0.05) is 46.4 Å². The largest absolute Gasteiger partial charge is 0.178 e. The Balaban J connectivity index is 2.42. The van der Waals surface area contributed by atoms with Crippen molar-refractivity contribution in [2.24, 2.45) is 0 Å². The summed E-state index contributed by atoms with van der Waals surface area (Å²) >= 11 is 6.04. The number of rotatable bonds is 3. The third-order valence-corrected chi connectivity index (χ3v) is 3.03. The minimum atomic E-state index is 0.300. The molecular formula is C16H13ClFN. The molecule has 0 aliphatic carbocycles. The number of hydrogen-bond acceptors (Lipinski definition) is 1. The zero-order chi connectivity index (χ0) is 13.8. The van der Waals surface area contributed by atoms with Crippen molar-refractivity contribution in [3.05, 3.63) is 70.9 Å². The van der Waals surface area contributed by atoms with Crippen LogP contribution in [0, 0.1) is 6.92 Å². The molecule has 3 heteroatoms. The van der Waals surface area contributed by atoms with Gasteiger partial charge in [0.15, 0.2) is 0 Å². The van der Waals surface area contributed by atoms with Gasteiger partial charge in [-0.15, -0.1) is 5.73 Å². The van der Waals surface area contributed by atoms with Gasteiger partial charge in [0.05, 0.1) is 16.4 Å². The summed E-state index contributed by atoms with van der Waals surface area (Å²) < 4.78 is 14.4. The van der Waals surface area contributed by atoms with E-state index < -0.39 is 0 Å². The minimum absolute atomic E-state index is 0.300. The van der Waals surface area contributed by atoms with Crippen molar-refractivity contribution in [3.8, 4) is 0 Å². The van der Waals surface area contributed by atoms with Crippen LogP contribution in [0.25, 0.3) is 6.08 Å². The maximum Gasteiger partial charge on any atom is 0.0939 e. The number of nitrogens with zero attached hydrogens (tertiary/aromatic N) is 1. The van der Waals surface area contributed by atoms with E-state index in [1.165, 1.54) is 0 Å². The van der Waals surface area contributed by atoms with Crippen LogP contribution in [0.15, 0.2) is 54.8 Å². The van der Waals surface area contributed by atoms with Gasteiger partial charge < -0.3 is 0 Å². The molecule has 0 aromatic heterocycles. The Labute approximate surface area is 117 Å². The Kier molecular flexibility index (Phi) is 4.06. The number of anilines is 2. The van der Waals surface area contributed by atoms with E-state index >= 15 is 0 Å². The zero-order valence-electron chi connectivity index (χ0n) is 10.5. The average Bonchev–Trinajstić information content (AvgIpc) is 2.41. The Morgan fingerprint density at radius 1 is 1.21 bits per heavy atom. The first kappa shape index (κ1) is 13.4. The SMILES string of the molecule is C=C=Cc1ccc(Cl)c(N(F)c2ccc(C)cc2)c1. The van der Waals surface area contributed by atoms with Crippen molar-refractivity contribution in [1.29, 1.82) is 0 Å². The summed E-state index contributed by atoms with van der Waals surface area (Å²) in [6.07, 6.45) is 1.67. The van der Waals surface area contributed by atoms with Crippen LogP contribution < -0.4 is 5.12 Å². The summed E-state index contributed by atoms with van der Waals surface area (Å²) in [5.74, 6) is 0. The number of hydrogen-bond donors (Lipinski definition) is 0. The third-order valence-electron chi connectivity index (χ3n) is 2.71. The fourth-order valence-corrected chi connectivity index (χ4v) is 1.89. The lowest BCUT2D eigenvalue weighted by molar-refractivity contribution is 0.505. The van der Waals surface area contributed by atoms with E-state index in [0.29, 0.717) is 21.5 Å². The van der Waals surface area contributed by atoms with Crippen molar-refractivity contribution in [1.82, 2.24) is 0 Å². The molecular weight excluding hydrogens is 261 g/mol. The summed E-state index contributed by atoms with van der Waals surface area (Å²) in [6, 6.07) is 12.2. The Morgan fingerprint density at radius 3 is 2.53 bits per heavy atom. The lowest BCUT2D eigenvalue weighted by atomic mass is 10.1. The van der Waals surface area contributed by atoms with Crippen molar-refractivity contribution in [2.45, 2.75) is 6.92 Å². The van der Waals surface area contributed by atoms with Gasteiger partial charge in [-0.05, 0) is 42.8 Å². The molecule has 19 heavy (non-hydrogen) atoms. The van der Waals surface area contributed by atoms with Crippen LogP contribution in [0.3, 0.4) is 0 Å². The first-order valence-corrected chi connectivity index (χ1v) is 6.17. The molecule has 0 heterocycles. The van der Waals surface area contributed by atoms with E-state index in [2.05, 4.69) is 12.3 Å². The zero-order valence-corrected chi connectivity index (χ0v) is 11.3. The van der Waals surface area contributed by atoms with E-state index in [9.17, 15) is 4.48 Å². The van der Waals surface area contributed by atoms with E-state index in [1.807, 2.05) is 19.1 Å². The smallest absolute Gasteiger partial charge is 0.0939 e. The Bertz CT molecular complexity index is 628. The minimum Gasteiger partial charge on any atom is -0.178 e. The Morgan fingerprint density at radius 2 is 1.89 bits per heavy atom. The first-order chi connectivity index (χ1) is 9.11. The summed E-state index contributed by atoms with van der Waals surface area (Å²) in [5.41, 5.74) is 5.27. The van der Waals surface area contributed by atoms with Gasteiger partial charge in [-0.25, -0.2) is 0 Å². The molecule has 0 saturated heterocycles. The third kappa shape index (κ3) is 3.05. The van der Waals surface area contributed by atoms with Crippen molar-refractivity contribution < 1.29 is 4.48 Å². The summed E-state index contributed by atoms with van der Waals surface area (Å²) in [7, 11) is 0. The van der Waals surface area contributed by atoms with Crippen molar-refractivity contribution in [2.75, 3.05) is 5.12 Å². The molecule has 96 valence electrons. The molecule has 2 aromatic carbocycles. The van der Waals surface area contributed by atoms with Crippen LogP contribution in [-0.2, 0) is 0 Å². The molecule has 1 nitrogen and oxygen atoms in total. The van der Waals surface area contributed by atoms with Gasteiger partial charge >= 0.3 is 0 Å². The predicted octanol–water partition coefficient (Wildman–Crippen LogP) is 5.47. The molecule has 0 aliphatic heterocycles. The van der Waals surface area contributed by atoms with Crippen molar-refractivity contribution >= 4 is 29.1 Å². The molecule has 0 atom stereocenters. The van der Waals surface area contributed by atoms with Gasteiger partial charge in [0.25, 0.3) is 0 Å². The second-order valence-electron chi connectivity index (χ2n) is 4.18. The number of benzene rings is 2. The summed E-state index contributed by atoms with van der Waals surface area (Å²) in [6.45, 7) is 5.45. The van der Waals surface area contributed by atoms with Crippen LogP contribution in [-0.4, -0.2) is 0 Å². The van der Waals surface area contributed by atoms with Crippen LogP contribution in [0.2, 0.25) is 5.02 Å². The molecule has 0 radical (unpaired) electrons. The summed E-state index contributed by atoms with van der Waals surface area (Å²) in [5, 5.41) is 0.923. The molecule has 0 fully saturated rings. The fraction of sp³-hybridized carbons (Fsp3) is 0.0625. The molecule has 2 rings (SSSR count). The highest BCUT2D eigenvalue weighted by Gasteiger charge is 2.12. The highest BCUT2D eigenvalue weighted by Crippen LogP contribution is 2.33. The van der Waals surface area contributed by atoms with Gasteiger partial charge in [0, 0.05) is 0 Å². The lowest BCUT2D eigenvalue weighted by Crippen LogP contribution is -2.04. The highest BCUT2D eigenvalue weighted by molar-refractivity contribution is 6.33. The predicted molar refractivity (Wildman–Crippen MR) is 79.5 cm³/mol. The molecule has 0 unspecified atom stereocenters. The first-order valence-electron chi connectivity index (χ1n) is 5.80. The van der Waals surface area contributed by atoms with Crippen LogP contribution in [0.1, 0.15) is 11.1 Å². The molecule has 0 saturated carbocycles. The summed E-state index contributed by atoms with van der Waals surface area (Å²) in [4.78, 5) is 0.